The second-order valence-corrected chi connectivity index (χ2v) is 2.47. The van der Waals surface area contributed by atoms with Crippen molar-refractivity contribution in [2.24, 2.45) is 0 Å². The van der Waals surface area contributed by atoms with Gasteiger partial charge in [0.2, 0.25) is 5.91 Å². The lowest BCUT2D eigenvalue weighted by atomic mass is 10.4. The molecule has 0 aliphatic rings. The second kappa shape index (κ2) is 4.22. The van der Waals surface area contributed by atoms with Gasteiger partial charge in [-0.25, -0.2) is 4.79 Å². The van der Waals surface area contributed by atoms with Crippen LogP contribution < -0.4 is 16.6 Å². The third-order valence-electron chi connectivity index (χ3n) is 1.40. The summed E-state index contributed by atoms with van der Waals surface area (Å²) in [6, 6.07) is 0. The summed E-state index contributed by atoms with van der Waals surface area (Å²) >= 11 is 0. The van der Waals surface area contributed by atoms with E-state index < -0.39 is 17.2 Å². The van der Waals surface area contributed by atoms with Gasteiger partial charge in [0.25, 0.3) is 5.56 Å². The number of rotatable bonds is 2. The lowest BCUT2D eigenvalue weighted by molar-refractivity contribution is -0.111. The van der Waals surface area contributed by atoms with Gasteiger partial charge in [0.05, 0.1) is 0 Å². The highest BCUT2D eigenvalue weighted by molar-refractivity contribution is 5.98. The number of anilines is 1. The fraction of sp³-hybridized carbons (Fsp3) is 0.125. The van der Waals surface area contributed by atoms with Gasteiger partial charge < -0.3 is 10.3 Å². The van der Waals surface area contributed by atoms with E-state index in [1.165, 1.54) is 12.2 Å². The molecule has 0 aromatic carbocycles. The normalized spacial score (nSPS) is 10.4. The Bertz CT molecular complexity index is 469. The molecule has 3 N–H and O–H groups in total. The zero-order valence-corrected chi connectivity index (χ0v) is 7.46. The average molecular weight is 195 g/mol. The SMILES string of the molecule is CC=CC(=O)Nc1c[nH]c(=O)[nH]c1=O. The highest BCUT2D eigenvalue weighted by Crippen LogP contribution is 1.91. The minimum absolute atomic E-state index is 0.00713. The van der Waals surface area contributed by atoms with Gasteiger partial charge in [-0.1, -0.05) is 6.08 Å². The molecular formula is C8H9N3O3. The second-order valence-electron chi connectivity index (χ2n) is 2.47. The maximum absolute atomic E-state index is 11.1. The van der Waals surface area contributed by atoms with Crippen LogP contribution in [0.5, 0.6) is 0 Å². The molecule has 74 valence electrons. The first-order chi connectivity index (χ1) is 6.63. The van der Waals surface area contributed by atoms with Gasteiger partial charge in [0.1, 0.15) is 5.69 Å². The molecule has 0 atom stereocenters. The molecule has 1 heterocycles. The van der Waals surface area contributed by atoms with E-state index in [-0.39, 0.29) is 5.69 Å². The van der Waals surface area contributed by atoms with Crippen molar-refractivity contribution in [3.8, 4) is 0 Å². The van der Waals surface area contributed by atoms with Crippen LogP contribution in [0.25, 0.3) is 0 Å². The van der Waals surface area contributed by atoms with E-state index in [4.69, 9.17) is 0 Å². The Kier molecular flexibility index (Phi) is 3.01. The Morgan fingerprint density at radius 3 is 2.79 bits per heavy atom. The molecule has 6 heteroatoms. The quantitative estimate of drug-likeness (QED) is 0.559. The first-order valence-electron chi connectivity index (χ1n) is 3.89. The number of allylic oxidation sites excluding steroid dienone is 1. The number of carbonyl (C=O) groups is 1. The first-order valence-corrected chi connectivity index (χ1v) is 3.89. The third-order valence-corrected chi connectivity index (χ3v) is 1.40. The summed E-state index contributed by atoms with van der Waals surface area (Å²) in [6.45, 7) is 1.68. The van der Waals surface area contributed by atoms with E-state index in [1.54, 1.807) is 6.92 Å². The Labute approximate surface area is 78.7 Å². The van der Waals surface area contributed by atoms with E-state index >= 15 is 0 Å². The van der Waals surface area contributed by atoms with Crippen LogP contribution in [0.15, 0.2) is 27.9 Å². The molecule has 1 aromatic rings. The minimum atomic E-state index is -0.633. The van der Waals surface area contributed by atoms with Gasteiger partial charge in [-0.2, -0.15) is 0 Å². The van der Waals surface area contributed by atoms with Crippen LogP contribution in [-0.2, 0) is 4.79 Å². The molecule has 0 fully saturated rings. The van der Waals surface area contributed by atoms with Crippen LogP contribution in [-0.4, -0.2) is 15.9 Å². The third kappa shape index (κ3) is 2.44. The van der Waals surface area contributed by atoms with Gasteiger partial charge in [-0.05, 0) is 13.0 Å². The molecule has 0 bridgehead atoms. The average Bonchev–Trinajstić information content (AvgIpc) is 2.10. The number of carbonyl (C=O) groups excluding carboxylic acids is 1. The van der Waals surface area contributed by atoms with Crippen molar-refractivity contribution in [1.29, 1.82) is 0 Å². The predicted molar refractivity (Wildman–Crippen MR) is 51.1 cm³/mol. The van der Waals surface area contributed by atoms with Crippen LogP contribution in [0.3, 0.4) is 0 Å². The summed E-state index contributed by atoms with van der Waals surface area (Å²) in [5.41, 5.74) is -1.24. The van der Waals surface area contributed by atoms with E-state index in [2.05, 4.69) is 10.3 Å². The summed E-state index contributed by atoms with van der Waals surface area (Å²) < 4.78 is 0. The van der Waals surface area contributed by atoms with Crippen molar-refractivity contribution in [2.45, 2.75) is 6.92 Å². The fourth-order valence-corrected chi connectivity index (χ4v) is 0.828. The van der Waals surface area contributed by atoms with Crippen LogP contribution in [0.1, 0.15) is 6.92 Å². The Morgan fingerprint density at radius 1 is 1.50 bits per heavy atom. The molecule has 0 unspecified atom stereocenters. The summed E-state index contributed by atoms with van der Waals surface area (Å²) in [6.07, 6.45) is 3.95. The van der Waals surface area contributed by atoms with Gasteiger partial charge in [0, 0.05) is 6.20 Å². The number of aromatic nitrogens is 2. The molecule has 14 heavy (non-hydrogen) atoms. The Morgan fingerprint density at radius 2 is 2.21 bits per heavy atom. The van der Waals surface area contributed by atoms with E-state index in [1.807, 2.05) is 4.98 Å². The first kappa shape index (κ1) is 9.97. The molecular weight excluding hydrogens is 186 g/mol. The number of hydrogen-bond acceptors (Lipinski definition) is 3. The van der Waals surface area contributed by atoms with Crippen LogP contribution in [0.2, 0.25) is 0 Å². The van der Waals surface area contributed by atoms with Crippen LogP contribution in [0, 0.1) is 0 Å². The number of amides is 1. The molecule has 0 saturated heterocycles. The van der Waals surface area contributed by atoms with Crippen molar-refractivity contribution in [2.75, 3.05) is 5.32 Å². The predicted octanol–water partition coefficient (Wildman–Crippen LogP) is -0.422. The molecule has 0 radical (unpaired) electrons. The Balaban J connectivity index is 2.93. The van der Waals surface area contributed by atoms with Gasteiger partial charge in [0.15, 0.2) is 0 Å². The van der Waals surface area contributed by atoms with Crippen molar-refractivity contribution in [1.82, 2.24) is 9.97 Å². The van der Waals surface area contributed by atoms with Crippen LogP contribution in [0.4, 0.5) is 5.69 Å². The minimum Gasteiger partial charge on any atom is -0.317 e. The number of aromatic amines is 2. The van der Waals surface area contributed by atoms with Gasteiger partial charge in [-0.3, -0.25) is 14.6 Å². The number of nitrogens with one attached hydrogen (secondary N) is 3. The molecule has 1 amide bonds. The Hall–Kier alpha value is -2.11. The highest BCUT2D eigenvalue weighted by atomic mass is 16.2. The molecule has 0 aliphatic heterocycles. The molecule has 1 rings (SSSR count). The summed E-state index contributed by atoms with van der Waals surface area (Å²) in [4.78, 5) is 36.9. The molecule has 1 aromatic heterocycles. The summed E-state index contributed by atoms with van der Waals surface area (Å²) in [5, 5.41) is 2.30. The van der Waals surface area contributed by atoms with Gasteiger partial charge >= 0.3 is 5.69 Å². The van der Waals surface area contributed by atoms with Crippen molar-refractivity contribution >= 4 is 11.6 Å². The monoisotopic (exact) mass is 195 g/mol. The molecule has 0 aliphatic carbocycles. The van der Waals surface area contributed by atoms with Crippen molar-refractivity contribution in [3.05, 3.63) is 39.2 Å². The zero-order chi connectivity index (χ0) is 10.6. The summed E-state index contributed by atoms with van der Waals surface area (Å²) in [5.74, 6) is -0.426. The van der Waals surface area contributed by atoms with Crippen LogP contribution >= 0.6 is 0 Å². The van der Waals surface area contributed by atoms with E-state index in [0.717, 1.165) is 6.20 Å². The maximum atomic E-state index is 11.1. The standard InChI is InChI=1S/C8H9N3O3/c1-2-3-6(12)10-5-4-9-8(14)11-7(5)13/h2-4H,1H3,(H,10,12)(H2,9,11,13,14). The number of H-pyrrole nitrogens is 2. The van der Waals surface area contributed by atoms with Crippen molar-refractivity contribution in [3.63, 3.8) is 0 Å². The molecule has 0 spiro atoms. The zero-order valence-electron chi connectivity index (χ0n) is 7.46. The van der Waals surface area contributed by atoms with Gasteiger partial charge in [-0.15, -0.1) is 0 Å². The topological polar surface area (TPSA) is 94.8 Å². The molecule has 0 saturated carbocycles. The maximum Gasteiger partial charge on any atom is 0.325 e. The smallest absolute Gasteiger partial charge is 0.317 e. The lowest BCUT2D eigenvalue weighted by Gasteiger charge is -1.98. The van der Waals surface area contributed by atoms with E-state index in [0.29, 0.717) is 0 Å². The highest BCUT2D eigenvalue weighted by Gasteiger charge is 2.01. The molecule has 6 nitrogen and oxygen atoms in total. The fourth-order valence-electron chi connectivity index (χ4n) is 0.828. The lowest BCUT2D eigenvalue weighted by Crippen LogP contribution is -2.25. The largest absolute Gasteiger partial charge is 0.325 e. The summed E-state index contributed by atoms with van der Waals surface area (Å²) in [7, 11) is 0. The number of hydrogen-bond donors (Lipinski definition) is 3. The van der Waals surface area contributed by atoms with Crippen molar-refractivity contribution < 1.29 is 4.79 Å². The van der Waals surface area contributed by atoms with E-state index in [9.17, 15) is 14.4 Å².